The Bertz CT molecular complexity index is 1090. The number of hydrogen-bond donors (Lipinski definition) is 3. The monoisotopic (exact) mass is 559 g/mol. The topological polar surface area (TPSA) is 111 Å². The molecular weight excluding hydrogens is 510 g/mol. The van der Waals surface area contributed by atoms with Crippen LogP contribution < -0.4 is 15.8 Å². The minimum atomic E-state index is -4.12. The van der Waals surface area contributed by atoms with Gasteiger partial charge in [-0.3, -0.25) is 4.79 Å². The summed E-state index contributed by atoms with van der Waals surface area (Å²) in [4.78, 5) is 12.5. The Kier molecular flexibility index (Phi) is 17.1. The highest BCUT2D eigenvalue weighted by molar-refractivity contribution is 7.93. The summed E-state index contributed by atoms with van der Waals surface area (Å²) in [5, 5.41) is 11.7. The van der Waals surface area contributed by atoms with Gasteiger partial charge in [0.2, 0.25) is 15.9 Å². The normalized spacial score (nSPS) is 17.5. The largest absolute Gasteiger partial charge is 0.456 e. The maximum absolute atomic E-state index is 12.7. The molecule has 0 aromatic rings. The van der Waals surface area contributed by atoms with Gasteiger partial charge in [-0.1, -0.05) is 77.0 Å². The SMILES string of the molecule is CC/C=C\C(=C/CC)OC1=C(C)C=CC(C(=O)NCC2=CC=CC2)C=C1S(N)(=O)=O.CCCCNCCCC. The number of unbranched alkanes of at least 4 members (excludes halogenated alkanes) is 2. The zero-order valence-corrected chi connectivity index (χ0v) is 25.3. The fourth-order valence-electron chi connectivity index (χ4n) is 3.70. The van der Waals surface area contributed by atoms with E-state index in [0.29, 0.717) is 17.9 Å². The van der Waals surface area contributed by atoms with Crippen molar-refractivity contribution in [3.8, 4) is 0 Å². The van der Waals surface area contributed by atoms with Gasteiger partial charge in [-0.25, -0.2) is 13.6 Å². The smallest absolute Gasteiger partial charge is 0.241 e. The lowest BCUT2D eigenvalue weighted by Gasteiger charge is -2.15. The molecule has 1 unspecified atom stereocenters. The number of nitrogens with one attached hydrogen (secondary N) is 2. The van der Waals surface area contributed by atoms with Gasteiger partial charge in [0.25, 0.3) is 0 Å². The number of nitrogens with two attached hydrogens (primary N) is 1. The van der Waals surface area contributed by atoms with Crippen molar-refractivity contribution in [1.82, 2.24) is 10.6 Å². The number of amides is 1. The molecular formula is C31H49N3O4S. The lowest BCUT2D eigenvalue weighted by atomic mass is 10.1. The molecule has 1 amide bonds. The van der Waals surface area contributed by atoms with Crippen LogP contribution >= 0.6 is 0 Å². The summed E-state index contributed by atoms with van der Waals surface area (Å²) in [6, 6.07) is 0. The van der Waals surface area contributed by atoms with Crippen LogP contribution in [-0.2, 0) is 19.6 Å². The van der Waals surface area contributed by atoms with Crippen LogP contribution in [0, 0.1) is 5.92 Å². The molecule has 0 fully saturated rings. The third-order valence-corrected chi connectivity index (χ3v) is 6.91. The molecule has 4 N–H and O–H groups in total. The molecule has 0 aromatic heterocycles. The van der Waals surface area contributed by atoms with Crippen LogP contribution in [0.3, 0.4) is 0 Å². The minimum absolute atomic E-state index is 0.132. The fraction of sp³-hybridized carbons (Fsp3) is 0.516. The molecule has 1 atom stereocenters. The van der Waals surface area contributed by atoms with Crippen LogP contribution in [0.15, 0.2) is 82.3 Å². The molecule has 0 bridgehead atoms. The van der Waals surface area contributed by atoms with Gasteiger partial charge in [-0.2, -0.15) is 0 Å². The quantitative estimate of drug-likeness (QED) is 0.128. The average molecular weight is 560 g/mol. The van der Waals surface area contributed by atoms with Gasteiger partial charge in [0.1, 0.15) is 16.4 Å². The van der Waals surface area contributed by atoms with Crippen molar-refractivity contribution >= 4 is 15.9 Å². The van der Waals surface area contributed by atoms with Crippen molar-refractivity contribution in [2.24, 2.45) is 11.1 Å². The van der Waals surface area contributed by atoms with Crippen LogP contribution in [0.4, 0.5) is 0 Å². The van der Waals surface area contributed by atoms with Gasteiger partial charge in [-0.05, 0) is 81.5 Å². The van der Waals surface area contributed by atoms with Crippen LogP contribution in [0.2, 0.25) is 0 Å². The molecule has 0 aliphatic heterocycles. The molecule has 2 aliphatic rings. The van der Waals surface area contributed by atoms with Crippen LogP contribution in [-0.4, -0.2) is 34.0 Å². The molecule has 0 saturated heterocycles. The first-order valence-electron chi connectivity index (χ1n) is 14.2. The van der Waals surface area contributed by atoms with Crippen LogP contribution in [0.5, 0.6) is 0 Å². The number of rotatable bonds is 15. The lowest BCUT2D eigenvalue weighted by Crippen LogP contribution is -2.31. The Morgan fingerprint density at radius 2 is 1.82 bits per heavy atom. The fourth-order valence-corrected chi connectivity index (χ4v) is 4.49. The average Bonchev–Trinajstić information content (AvgIpc) is 3.36. The summed E-state index contributed by atoms with van der Waals surface area (Å²) in [6.45, 7) is 13.0. The standard InChI is InChI=1S/C23H30N2O4S.C8H19N/c1-4-6-12-20(9-5-2)29-22-17(3)13-14-19(15-21(22)30(24,27)28)23(26)25-16-18-10-7-8-11-18;1-3-5-7-9-8-6-4-2/h6-10,12-15,19H,4-5,11,16H2,1-3H3,(H,25,26)(H2,24,27,28);9H,3-8H2,1-2H3/b12-6-,20-9+;. The molecule has 0 heterocycles. The summed E-state index contributed by atoms with van der Waals surface area (Å²) >= 11 is 0. The van der Waals surface area contributed by atoms with Gasteiger partial charge in [0.15, 0.2) is 0 Å². The Morgan fingerprint density at radius 3 is 2.36 bits per heavy atom. The van der Waals surface area contributed by atoms with E-state index in [1.54, 1.807) is 25.2 Å². The van der Waals surface area contributed by atoms with E-state index in [1.807, 2.05) is 44.2 Å². The predicted octanol–water partition coefficient (Wildman–Crippen LogP) is 6.07. The van der Waals surface area contributed by atoms with E-state index in [4.69, 9.17) is 9.88 Å². The number of ether oxygens (including phenoxy) is 1. The van der Waals surface area contributed by atoms with E-state index in [2.05, 4.69) is 24.5 Å². The Morgan fingerprint density at radius 1 is 1.13 bits per heavy atom. The zero-order valence-electron chi connectivity index (χ0n) is 24.5. The number of allylic oxidation sites excluding steroid dienone is 8. The first-order valence-corrected chi connectivity index (χ1v) is 15.7. The third kappa shape index (κ3) is 13.8. The highest BCUT2D eigenvalue weighted by Gasteiger charge is 2.27. The molecule has 39 heavy (non-hydrogen) atoms. The molecule has 218 valence electrons. The van der Waals surface area contributed by atoms with Crippen molar-refractivity contribution in [3.63, 3.8) is 0 Å². The van der Waals surface area contributed by atoms with E-state index >= 15 is 0 Å². The number of hydrogen-bond acceptors (Lipinski definition) is 5. The molecule has 0 aromatic carbocycles. The third-order valence-electron chi connectivity index (χ3n) is 5.97. The molecule has 8 heteroatoms. The van der Waals surface area contributed by atoms with Crippen molar-refractivity contribution in [2.75, 3.05) is 19.6 Å². The van der Waals surface area contributed by atoms with Gasteiger partial charge in [0.05, 0.1) is 5.92 Å². The summed E-state index contributed by atoms with van der Waals surface area (Å²) in [5.74, 6) is -0.425. The van der Waals surface area contributed by atoms with Crippen molar-refractivity contribution in [2.45, 2.75) is 79.6 Å². The molecule has 0 saturated carbocycles. The van der Waals surface area contributed by atoms with Gasteiger partial charge in [0, 0.05) is 6.54 Å². The molecule has 2 rings (SSSR count). The first kappa shape index (κ1) is 34.3. The first-order chi connectivity index (χ1) is 18.7. The van der Waals surface area contributed by atoms with Crippen LogP contribution in [0.25, 0.3) is 0 Å². The number of carbonyl (C=O) groups excluding carboxylic acids is 1. The summed E-state index contributed by atoms with van der Waals surface area (Å²) in [5.41, 5.74) is 1.66. The van der Waals surface area contributed by atoms with Crippen molar-refractivity contribution < 1.29 is 17.9 Å². The lowest BCUT2D eigenvalue weighted by molar-refractivity contribution is -0.122. The number of carbonyl (C=O) groups is 1. The van der Waals surface area contributed by atoms with Gasteiger partial charge in [-0.15, -0.1) is 0 Å². The zero-order chi connectivity index (χ0) is 29.1. The van der Waals surface area contributed by atoms with E-state index in [-0.39, 0.29) is 16.6 Å². The Balaban J connectivity index is 0.000000724. The summed E-state index contributed by atoms with van der Waals surface area (Å²) in [7, 11) is -4.12. The van der Waals surface area contributed by atoms with E-state index < -0.39 is 15.9 Å². The van der Waals surface area contributed by atoms with Gasteiger partial charge >= 0.3 is 0 Å². The molecule has 0 spiro atoms. The van der Waals surface area contributed by atoms with E-state index in [0.717, 1.165) is 24.8 Å². The summed E-state index contributed by atoms with van der Waals surface area (Å²) < 4.78 is 30.7. The van der Waals surface area contributed by atoms with E-state index in [9.17, 15) is 13.2 Å². The minimum Gasteiger partial charge on any atom is -0.456 e. The Hall–Kier alpha value is -2.68. The molecule has 7 nitrogen and oxygen atoms in total. The predicted molar refractivity (Wildman–Crippen MR) is 163 cm³/mol. The second kappa shape index (κ2) is 19.4. The van der Waals surface area contributed by atoms with Crippen molar-refractivity contribution in [1.29, 1.82) is 0 Å². The van der Waals surface area contributed by atoms with Crippen molar-refractivity contribution in [3.05, 3.63) is 82.3 Å². The second-order valence-corrected chi connectivity index (χ2v) is 11.1. The number of sulfonamides is 1. The maximum Gasteiger partial charge on any atom is 0.241 e. The maximum atomic E-state index is 12.7. The molecule has 2 aliphatic carbocycles. The number of primary sulfonamides is 1. The van der Waals surface area contributed by atoms with E-state index in [1.165, 1.54) is 44.8 Å². The Labute approximate surface area is 236 Å². The van der Waals surface area contributed by atoms with Gasteiger partial charge < -0.3 is 15.4 Å². The highest BCUT2D eigenvalue weighted by atomic mass is 32.2. The summed E-state index contributed by atoms with van der Waals surface area (Å²) in [6.07, 6.45) is 23.8. The van der Waals surface area contributed by atoms with Crippen LogP contribution in [0.1, 0.15) is 79.6 Å². The second-order valence-electron chi connectivity index (χ2n) is 9.53. The highest BCUT2D eigenvalue weighted by Crippen LogP contribution is 2.29. The molecule has 0 radical (unpaired) electrons.